The highest BCUT2D eigenvalue weighted by Crippen LogP contribution is 2.20. The van der Waals surface area contributed by atoms with Crippen molar-refractivity contribution in [3.63, 3.8) is 0 Å². The number of aliphatic hydroxyl groups is 1. The molecular weight excluding hydrogens is 336 g/mol. The van der Waals surface area contributed by atoms with Crippen molar-refractivity contribution in [1.29, 1.82) is 0 Å². The summed E-state index contributed by atoms with van der Waals surface area (Å²) in [5.41, 5.74) is -0.819. The van der Waals surface area contributed by atoms with Crippen LogP contribution in [0, 0.1) is 0 Å². The first-order valence-electron chi connectivity index (χ1n) is 8.31. The number of aliphatic hydroxyl groups excluding tert-OH is 1. The Kier molecular flexibility index (Phi) is 6.92. The molecule has 0 radical (unpaired) electrons. The van der Waals surface area contributed by atoms with Crippen LogP contribution in [0.4, 0.5) is 0 Å². The monoisotopic (exact) mass is 364 g/mol. The van der Waals surface area contributed by atoms with Gasteiger partial charge in [0.1, 0.15) is 16.9 Å². The van der Waals surface area contributed by atoms with Crippen molar-refractivity contribution in [2.75, 3.05) is 0 Å². The Balaban J connectivity index is 3.10. The van der Waals surface area contributed by atoms with Crippen molar-refractivity contribution in [3.8, 4) is 0 Å². The van der Waals surface area contributed by atoms with Gasteiger partial charge in [-0.2, -0.15) is 0 Å². The molecule has 0 saturated heterocycles. The fraction of sp³-hybridized carbons (Fsp3) is 0.526. The standard InChI is InChI=1S/C19H28N2O5/c1-12(16(23)25-18(2,3)4)20-15(17(24)26-19(5,6)7)14-10-8-9-13(11-22)21-14/h8-10,15,20,22H,1,11H2,2-7H3. The molecule has 144 valence electrons. The van der Waals surface area contributed by atoms with E-state index in [1.54, 1.807) is 59.7 Å². The summed E-state index contributed by atoms with van der Waals surface area (Å²) in [4.78, 5) is 29.0. The smallest absolute Gasteiger partial charge is 0.354 e. The summed E-state index contributed by atoms with van der Waals surface area (Å²) < 4.78 is 10.7. The number of nitrogens with one attached hydrogen (secondary N) is 1. The zero-order valence-electron chi connectivity index (χ0n) is 16.3. The molecule has 7 nitrogen and oxygen atoms in total. The largest absolute Gasteiger partial charge is 0.458 e. The summed E-state index contributed by atoms with van der Waals surface area (Å²) in [5.74, 6) is -1.30. The van der Waals surface area contributed by atoms with Gasteiger partial charge in [0.25, 0.3) is 0 Å². The Hall–Kier alpha value is -2.41. The number of aromatic nitrogens is 1. The summed E-state index contributed by atoms with van der Waals surface area (Å²) in [5, 5.41) is 12.0. The zero-order valence-corrected chi connectivity index (χ0v) is 16.3. The van der Waals surface area contributed by atoms with Gasteiger partial charge in [-0.1, -0.05) is 12.6 Å². The Morgan fingerprint density at radius 3 is 2.23 bits per heavy atom. The molecule has 0 bridgehead atoms. The van der Waals surface area contributed by atoms with Gasteiger partial charge in [-0.05, 0) is 53.7 Å². The molecule has 0 aliphatic rings. The minimum absolute atomic E-state index is 0.0908. The lowest BCUT2D eigenvalue weighted by Crippen LogP contribution is -2.38. The first kappa shape index (κ1) is 21.6. The highest BCUT2D eigenvalue weighted by atomic mass is 16.6. The van der Waals surface area contributed by atoms with Crippen LogP contribution in [0.3, 0.4) is 0 Å². The number of nitrogens with zero attached hydrogens (tertiary/aromatic N) is 1. The minimum Gasteiger partial charge on any atom is -0.458 e. The molecule has 1 aromatic heterocycles. The fourth-order valence-corrected chi connectivity index (χ4v) is 1.93. The van der Waals surface area contributed by atoms with Crippen molar-refractivity contribution < 1.29 is 24.2 Å². The number of ether oxygens (including phenoxy) is 2. The molecule has 0 aliphatic carbocycles. The summed E-state index contributed by atoms with van der Waals surface area (Å²) in [6.07, 6.45) is 0. The maximum Gasteiger partial charge on any atom is 0.354 e. The van der Waals surface area contributed by atoms with Crippen LogP contribution in [0.2, 0.25) is 0 Å². The first-order chi connectivity index (χ1) is 11.8. The van der Waals surface area contributed by atoms with Crippen LogP contribution >= 0.6 is 0 Å². The van der Waals surface area contributed by atoms with E-state index < -0.39 is 29.2 Å². The van der Waals surface area contributed by atoms with Gasteiger partial charge in [0.05, 0.1) is 18.0 Å². The van der Waals surface area contributed by atoms with Crippen LogP contribution in [0.25, 0.3) is 0 Å². The maximum absolute atomic E-state index is 12.6. The summed E-state index contributed by atoms with van der Waals surface area (Å²) >= 11 is 0. The van der Waals surface area contributed by atoms with Gasteiger partial charge >= 0.3 is 11.9 Å². The van der Waals surface area contributed by atoms with E-state index in [4.69, 9.17) is 9.47 Å². The van der Waals surface area contributed by atoms with E-state index >= 15 is 0 Å². The molecule has 0 aliphatic heterocycles. The minimum atomic E-state index is -1.07. The number of rotatable bonds is 6. The third-order valence-corrected chi connectivity index (χ3v) is 2.89. The molecule has 0 saturated carbocycles. The average Bonchev–Trinajstić information content (AvgIpc) is 2.48. The second-order valence-electron chi connectivity index (χ2n) is 7.80. The van der Waals surface area contributed by atoms with Crippen LogP contribution in [0.1, 0.15) is 59.0 Å². The van der Waals surface area contributed by atoms with E-state index in [1.807, 2.05) is 0 Å². The molecule has 0 fully saturated rings. The molecule has 0 aromatic carbocycles. The normalized spacial score (nSPS) is 12.9. The maximum atomic E-state index is 12.6. The predicted molar refractivity (Wildman–Crippen MR) is 96.9 cm³/mol. The van der Waals surface area contributed by atoms with Gasteiger partial charge < -0.3 is 19.9 Å². The van der Waals surface area contributed by atoms with Gasteiger partial charge in [0, 0.05) is 0 Å². The van der Waals surface area contributed by atoms with Gasteiger partial charge in [0.2, 0.25) is 0 Å². The van der Waals surface area contributed by atoms with E-state index in [1.165, 1.54) is 0 Å². The van der Waals surface area contributed by atoms with Crippen LogP contribution in [-0.2, 0) is 25.7 Å². The Morgan fingerprint density at radius 2 is 1.73 bits per heavy atom. The first-order valence-corrected chi connectivity index (χ1v) is 8.31. The zero-order chi connectivity index (χ0) is 20.1. The summed E-state index contributed by atoms with van der Waals surface area (Å²) in [6.45, 7) is 13.8. The Bertz CT molecular complexity index is 671. The lowest BCUT2D eigenvalue weighted by Gasteiger charge is -2.26. The SMILES string of the molecule is C=C(NC(C(=O)OC(C)(C)C)c1cccc(CO)n1)C(=O)OC(C)(C)C. The average molecular weight is 364 g/mol. The topological polar surface area (TPSA) is 97.8 Å². The Labute approximate surface area is 154 Å². The lowest BCUT2D eigenvalue weighted by atomic mass is 10.1. The quantitative estimate of drug-likeness (QED) is 0.591. The molecule has 1 heterocycles. The van der Waals surface area contributed by atoms with E-state index in [9.17, 15) is 14.7 Å². The van der Waals surface area contributed by atoms with Crippen molar-refractivity contribution in [1.82, 2.24) is 10.3 Å². The van der Waals surface area contributed by atoms with Gasteiger partial charge in [-0.15, -0.1) is 0 Å². The van der Waals surface area contributed by atoms with Crippen LogP contribution in [-0.4, -0.2) is 33.2 Å². The van der Waals surface area contributed by atoms with Crippen molar-refractivity contribution in [2.45, 2.75) is 65.4 Å². The summed E-state index contributed by atoms with van der Waals surface area (Å²) in [7, 11) is 0. The number of carbonyl (C=O) groups excluding carboxylic acids is 2. The van der Waals surface area contributed by atoms with Crippen LogP contribution < -0.4 is 5.32 Å². The predicted octanol–water partition coefficient (Wildman–Crippen LogP) is 2.40. The molecule has 26 heavy (non-hydrogen) atoms. The lowest BCUT2D eigenvalue weighted by molar-refractivity contribution is -0.157. The molecule has 2 N–H and O–H groups in total. The summed E-state index contributed by atoms with van der Waals surface area (Å²) in [6, 6.07) is 3.81. The number of carbonyl (C=O) groups is 2. The molecule has 7 heteroatoms. The van der Waals surface area contributed by atoms with E-state index in [-0.39, 0.29) is 12.3 Å². The molecule has 0 spiro atoms. The number of esters is 2. The second kappa shape index (κ2) is 8.31. The highest BCUT2D eigenvalue weighted by molar-refractivity contribution is 5.89. The molecular formula is C19H28N2O5. The van der Waals surface area contributed by atoms with E-state index in [2.05, 4.69) is 16.9 Å². The highest BCUT2D eigenvalue weighted by Gasteiger charge is 2.30. The third-order valence-electron chi connectivity index (χ3n) is 2.89. The molecule has 1 aromatic rings. The van der Waals surface area contributed by atoms with Crippen molar-refractivity contribution in [2.24, 2.45) is 0 Å². The fourth-order valence-electron chi connectivity index (χ4n) is 1.93. The van der Waals surface area contributed by atoms with Crippen LogP contribution in [0.5, 0.6) is 0 Å². The molecule has 1 atom stereocenters. The molecule has 1 unspecified atom stereocenters. The third kappa shape index (κ3) is 7.23. The van der Waals surface area contributed by atoms with E-state index in [0.29, 0.717) is 11.4 Å². The molecule has 1 rings (SSSR count). The van der Waals surface area contributed by atoms with Crippen LogP contribution in [0.15, 0.2) is 30.5 Å². The number of hydrogen-bond acceptors (Lipinski definition) is 7. The van der Waals surface area contributed by atoms with Gasteiger partial charge in [-0.3, -0.25) is 4.98 Å². The van der Waals surface area contributed by atoms with Crippen molar-refractivity contribution in [3.05, 3.63) is 41.9 Å². The van der Waals surface area contributed by atoms with Gasteiger partial charge in [0.15, 0.2) is 6.04 Å². The number of pyridine rings is 1. The number of hydrogen-bond donors (Lipinski definition) is 2. The van der Waals surface area contributed by atoms with Crippen molar-refractivity contribution >= 4 is 11.9 Å². The van der Waals surface area contributed by atoms with Gasteiger partial charge in [-0.25, -0.2) is 9.59 Å². The second-order valence-corrected chi connectivity index (χ2v) is 7.80. The molecule has 0 amide bonds. The van der Waals surface area contributed by atoms with E-state index in [0.717, 1.165) is 0 Å². The Morgan fingerprint density at radius 1 is 1.15 bits per heavy atom.